The van der Waals surface area contributed by atoms with E-state index in [9.17, 15) is 0 Å². The maximum absolute atomic E-state index is 5.93. The highest BCUT2D eigenvalue weighted by molar-refractivity contribution is 5.47. The molecular formula is C12H18N6. The van der Waals surface area contributed by atoms with Crippen molar-refractivity contribution in [2.45, 2.75) is 32.2 Å². The SMILES string of the molecule is Cc1cc(NC(C)(CN)C2CC2)n2ncnc2n1. The van der Waals surface area contributed by atoms with Crippen LogP contribution in [0.15, 0.2) is 12.4 Å². The highest BCUT2D eigenvalue weighted by atomic mass is 15.4. The van der Waals surface area contributed by atoms with Gasteiger partial charge in [-0.3, -0.25) is 0 Å². The maximum atomic E-state index is 5.93. The fourth-order valence-corrected chi connectivity index (χ4v) is 2.35. The zero-order valence-corrected chi connectivity index (χ0v) is 10.7. The van der Waals surface area contributed by atoms with Gasteiger partial charge in [0.25, 0.3) is 5.78 Å². The zero-order chi connectivity index (χ0) is 12.8. The van der Waals surface area contributed by atoms with Gasteiger partial charge in [0.2, 0.25) is 0 Å². The highest BCUT2D eigenvalue weighted by Crippen LogP contribution is 2.40. The third-order valence-corrected chi connectivity index (χ3v) is 3.70. The van der Waals surface area contributed by atoms with Crippen molar-refractivity contribution in [1.29, 1.82) is 0 Å². The number of nitrogens with two attached hydrogens (primary N) is 1. The summed E-state index contributed by atoms with van der Waals surface area (Å²) in [6.45, 7) is 4.73. The predicted molar refractivity (Wildman–Crippen MR) is 69.3 cm³/mol. The number of hydrogen-bond acceptors (Lipinski definition) is 5. The molecule has 3 N–H and O–H groups in total. The first kappa shape index (κ1) is 11.4. The number of nitrogens with zero attached hydrogens (tertiary/aromatic N) is 4. The molecule has 0 saturated heterocycles. The fourth-order valence-electron chi connectivity index (χ4n) is 2.35. The number of aryl methyl sites for hydroxylation is 1. The third kappa shape index (κ3) is 1.82. The van der Waals surface area contributed by atoms with Gasteiger partial charge in [-0.25, -0.2) is 4.98 Å². The molecule has 2 aromatic heterocycles. The first-order chi connectivity index (χ1) is 8.62. The summed E-state index contributed by atoms with van der Waals surface area (Å²) in [5.41, 5.74) is 6.78. The summed E-state index contributed by atoms with van der Waals surface area (Å²) in [6.07, 6.45) is 4.00. The van der Waals surface area contributed by atoms with Gasteiger partial charge in [0.1, 0.15) is 12.1 Å². The lowest BCUT2D eigenvalue weighted by Crippen LogP contribution is -2.45. The van der Waals surface area contributed by atoms with Crippen LogP contribution in [0.25, 0.3) is 5.78 Å². The number of nitrogens with one attached hydrogen (secondary N) is 1. The Hall–Kier alpha value is -1.69. The summed E-state index contributed by atoms with van der Waals surface area (Å²) in [5.74, 6) is 2.18. The second-order valence-corrected chi connectivity index (χ2v) is 5.28. The molecule has 3 rings (SSSR count). The molecule has 1 aliphatic rings. The summed E-state index contributed by atoms with van der Waals surface area (Å²) in [4.78, 5) is 8.46. The number of aromatic nitrogens is 4. The van der Waals surface area contributed by atoms with Crippen LogP contribution in [0.2, 0.25) is 0 Å². The molecule has 2 aromatic rings. The molecule has 0 aromatic carbocycles. The van der Waals surface area contributed by atoms with Crippen molar-refractivity contribution in [2.75, 3.05) is 11.9 Å². The van der Waals surface area contributed by atoms with Crippen LogP contribution in [0.5, 0.6) is 0 Å². The average molecular weight is 246 g/mol. The van der Waals surface area contributed by atoms with Crippen LogP contribution in [-0.2, 0) is 0 Å². The van der Waals surface area contributed by atoms with E-state index in [1.54, 1.807) is 4.52 Å². The highest BCUT2D eigenvalue weighted by Gasteiger charge is 2.40. The molecule has 1 unspecified atom stereocenters. The minimum absolute atomic E-state index is 0.0767. The van der Waals surface area contributed by atoms with Crippen molar-refractivity contribution in [1.82, 2.24) is 19.6 Å². The van der Waals surface area contributed by atoms with E-state index in [0.717, 1.165) is 11.5 Å². The minimum atomic E-state index is -0.0767. The molecule has 18 heavy (non-hydrogen) atoms. The van der Waals surface area contributed by atoms with E-state index in [0.29, 0.717) is 18.2 Å². The van der Waals surface area contributed by atoms with E-state index < -0.39 is 0 Å². The Morgan fingerprint density at radius 1 is 1.56 bits per heavy atom. The van der Waals surface area contributed by atoms with Crippen LogP contribution in [-0.4, -0.2) is 31.7 Å². The predicted octanol–water partition coefficient (Wildman–Crippen LogP) is 0.972. The van der Waals surface area contributed by atoms with Gasteiger partial charge in [0.05, 0.1) is 5.54 Å². The summed E-state index contributed by atoms with van der Waals surface area (Å²) < 4.78 is 1.73. The van der Waals surface area contributed by atoms with Crippen LogP contribution in [0.1, 0.15) is 25.5 Å². The van der Waals surface area contributed by atoms with Crippen molar-refractivity contribution in [3.05, 3.63) is 18.1 Å². The lowest BCUT2D eigenvalue weighted by molar-refractivity contribution is 0.456. The maximum Gasteiger partial charge on any atom is 0.254 e. The first-order valence-electron chi connectivity index (χ1n) is 6.28. The largest absolute Gasteiger partial charge is 0.363 e. The normalized spacial score (nSPS) is 18.8. The molecule has 0 bridgehead atoms. The Morgan fingerprint density at radius 2 is 2.33 bits per heavy atom. The van der Waals surface area contributed by atoms with E-state index in [1.165, 1.54) is 19.2 Å². The van der Waals surface area contributed by atoms with Gasteiger partial charge in [-0.2, -0.15) is 14.6 Å². The van der Waals surface area contributed by atoms with Crippen molar-refractivity contribution < 1.29 is 0 Å². The van der Waals surface area contributed by atoms with Crippen LogP contribution in [0, 0.1) is 12.8 Å². The van der Waals surface area contributed by atoms with Crippen molar-refractivity contribution in [3.63, 3.8) is 0 Å². The standard InChI is InChI=1S/C12H18N6/c1-8-5-10(18-11(16-8)14-7-15-18)17-12(2,6-13)9-3-4-9/h5,7,9,17H,3-4,6,13H2,1-2H3. The first-order valence-corrected chi connectivity index (χ1v) is 6.28. The second kappa shape index (κ2) is 3.91. The van der Waals surface area contributed by atoms with Gasteiger partial charge in [-0.1, -0.05) is 0 Å². The summed E-state index contributed by atoms with van der Waals surface area (Å²) >= 11 is 0. The van der Waals surface area contributed by atoms with Crippen LogP contribution < -0.4 is 11.1 Å². The number of fused-ring (bicyclic) bond motifs is 1. The monoisotopic (exact) mass is 246 g/mol. The molecule has 2 heterocycles. The van der Waals surface area contributed by atoms with Crippen molar-refractivity contribution in [2.24, 2.45) is 11.7 Å². The Morgan fingerprint density at radius 3 is 3.00 bits per heavy atom. The molecule has 1 fully saturated rings. The van der Waals surface area contributed by atoms with Gasteiger partial charge in [-0.05, 0) is 32.6 Å². The van der Waals surface area contributed by atoms with E-state index in [1.807, 2.05) is 13.0 Å². The van der Waals surface area contributed by atoms with Gasteiger partial charge in [0.15, 0.2) is 0 Å². The molecule has 96 valence electrons. The third-order valence-electron chi connectivity index (χ3n) is 3.70. The molecular weight excluding hydrogens is 228 g/mol. The quantitative estimate of drug-likeness (QED) is 0.840. The Balaban J connectivity index is 2.00. The van der Waals surface area contributed by atoms with Crippen LogP contribution >= 0.6 is 0 Å². The molecule has 0 aliphatic heterocycles. The lowest BCUT2D eigenvalue weighted by Gasteiger charge is -2.30. The van der Waals surface area contributed by atoms with Crippen molar-refractivity contribution in [3.8, 4) is 0 Å². The molecule has 1 atom stereocenters. The van der Waals surface area contributed by atoms with E-state index in [4.69, 9.17) is 5.73 Å². The summed E-state index contributed by atoms with van der Waals surface area (Å²) in [5, 5.41) is 7.73. The lowest BCUT2D eigenvalue weighted by atomic mass is 9.96. The van der Waals surface area contributed by atoms with E-state index in [-0.39, 0.29) is 5.54 Å². The Bertz CT molecular complexity index is 573. The van der Waals surface area contributed by atoms with Gasteiger partial charge < -0.3 is 11.1 Å². The van der Waals surface area contributed by atoms with Crippen molar-refractivity contribution >= 4 is 11.6 Å². The van der Waals surface area contributed by atoms with E-state index >= 15 is 0 Å². The van der Waals surface area contributed by atoms with Crippen LogP contribution in [0.3, 0.4) is 0 Å². The number of anilines is 1. The van der Waals surface area contributed by atoms with Gasteiger partial charge in [0, 0.05) is 18.3 Å². The second-order valence-electron chi connectivity index (χ2n) is 5.28. The topological polar surface area (TPSA) is 81.1 Å². The molecule has 1 saturated carbocycles. The average Bonchev–Trinajstić information content (AvgIpc) is 3.09. The molecule has 0 spiro atoms. The zero-order valence-electron chi connectivity index (χ0n) is 10.7. The Labute approximate surface area is 106 Å². The number of hydrogen-bond donors (Lipinski definition) is 2. The van der Waals surface area contributed by atoms with Gasteiger partial charge in [-0.15, -0.1) is 0 Å². The molecule has 6 nitrogen and oxygen atoms in total. The summed E-state index contributed by atoms with van der Waals surface area (Å²) in [7, 11) is 0. The smallest absolute Gasteiger partial charge is 0.254 e. The summed E-state index contributed by atoms with van der Waals surface area (Å²) in [6, 6.07) is 1.98. The number of rotatable bonds is 4. The molecule has 0 amide bonds. The van der Waals surface area contributed by atoms with E-state index in [2.05, 4.69) is 27.3 Å². The van der Waals surface area contributed by atoms with Crippen LogP contribution in [0.4, 0.5) is 5.82 Å². The van der Waals surface area contributed by atoms with Gasteiger partial charge >= 0.3 is 0 Å². The molecule has 1 aliphatic carbocycles. The molecule has 6 heteroatoms. The molecule has 0 radical (unpaired) electrons. The Kier molecular flexibility index (Phi) is 2.48. The minimum Gasteiger partial charge on any atom is -0.363 e. The fraction of sp³-hybridized carbons (Fsp3) is 0.583.